The Morgan fingerprint density at radius 1 is 1.29 bits per heavy atom. The van der Waals surface area contributed by atoms with Crippen LogP contribution in [-0.4, -0.2) is 15.6 Å². The molecule has 4 nitrogen and oxygen atoms in total. The first-order chi connectivity index (χ1) is 9.88. The van der Waals surface area contributed by atoms with E-state index < -0.39 is 0 Å². The number of hydrogen-bond acceptors (Lipinski definition) is 2. The summed E-state index contributed by atoms with van der Waals surface area (Å²) in [5.41, 5.74) is 1.48. The van der Waals surface area contributed by atoms with Crippen molar-refractivity contribution in [2.24, 2.45) is 0 Å². The van der Waals surface area contributed by atoms with Crippen LogP contribution in [0, 0.1) is 0 Å². The van der Waals surface area contributed by atoms with Crippen LogP contribution in [0.1, 0.15) is 48.9 Å². The quantitative estimate of drug-likeness (QED) is 0.874. The van der Waals surface area contributed by atoms with Gasteiger partial charge in [-0.3, -0.25) is 4.79 Å². The highest BCUT2D eigenvalue weighted by molar-refractivity contribution is 9.10. The molecular formula is C16H19BrN2O2. The third-order valence-corrected chi connectivity index (χ3v) is 3.76. The highest BCUT2D eigenvalue weighted by Gasteiger charge is 2.17. The Kier molecular flexibility index (Phi) is 4.73. The number of rotatable bonds is 4. The van der Waals surface area contributed by atoms with Crippen molar-refractivity contribution in [3.05, 3.63) is 52.3 Å². The van der Waals surface area contributed by atoms with Gasteiger partial charge in [-0.1, -0.05) is 12.1 Å². The lowest BCUT2D eigenvalue weighted by molar-refractivity contribution is 0.0929. The van der Waals surface area contributed by atoms with E-state index in [0.29, 0.717) is 5.69 Å². The van der Waals surface area contributed by atoms with Gasteiger partial charge in [0.15, 0.2) is 0 Å². The van der Waals surface area contributed by atoms with E-state index in [1.54, 1.807) is 18.2 Å². The fourth-order valence-electron chi connectivity index (χ4n) is 2.20. The number of nitrogens with one attached hydrogen (secondary N) is 1. The molecule has 0 radical (unpaired) electrons. The van der Waals surface area contributed by atoms with Crippen LogP contribution < -0.4 is 5.32 Å². The predicted octanol–water partition coefficient (Wildman–Crippen LogP) is 4.03. The average molecular weight is 351 g/mol. The largest absolute Gasteiger partial charge is 0.508 e. The summed E-state index contributed by atoms with van der Waals surface area (Å²) in [5, 5.41) is 12.5. The fraction of sp³-hybridized carbons (Fsp3) is 0.312. The SMILES string of the molecule is CC(NC(=O)c1cc(Br)cn1C(C)C)c1cccc(O)c1. The summed E-state index contributed by atoms with van der Waals surface area (Å²) < 4.78 is 2.81. The third-order valence-electron chi connectivity index (χ3n) is 3.32. The highest BCUT2D eigenvalue weighted by atomic mass is 79.9. The Morgan fingerprint density at radius 3 is 2.62 bits per heavy atom. The fourth-order valence-corrected chi connectivity index (χ4v) is 2.64. The minimum atomic E-state index is -0.182. The summed E-state index contributed by atoms with van der Waals surface area (Å²) in [4.78, 5) is 12.4. The van der Waals surface area contributed by atoms with E-state index in [4.69, 9.17) is 0 Å². The molecule has 112 valence electrons. The molecule has 21 heavy (non-hydrogen) atoms. The second kappa shape index (κ2) is 6.35. The number of carbonyl (C=O) groups is 1. The van der Waals surface area contributed by atoms with Crippen molar-refractivity contribution < 1.29 is 9.90 Å². The molecule has 2 N–H and O–H groups in total. The molecule has 1 aromatic heterocycles. The number of benzene rings is 1. The maximum absolute atomic E-state index is 12.4. The number of carbonyl (C=O) groups excluding carboxylic acids is 1. The van der Waals surface area contributed by atoms with E-state index in [1.807, 2.05) is 43.7 Å². The molecule has 0 saturated heterocycles. The highest BCUT2D eigenvalue weighted by Crippen LogP contribution is 2.21. The van der Waals surface area contributed by atoms with E-state index in [1.165, 1.54) is 0 Å². The Labute approximate surface area is 132 Å². The zero-order valence-electron chi connectivity index (χ0n) is 12.3. The number of hydrogen-bond donors (Lipinski definition) is 2. The standard InChI is InChI=1S/C16H19BrN2O2/c1-10(2)19-9-13(17)8-15(19)16(21)18-11(3)12-5-4-6-14(20)7-12/h4-11,20H,1-3H3,(H,18,21). The van der Waals surface area contributed by atoms with Gasteiger partial charge in [0.2, 0.25) is 0 Å². The van der Waals surface area contributed by atoms with E-state index in [2.05, 4.69) is 21.2 Å². The van der Waals surface area contributed by atoms with Crippen molar-refractivity contribution in [2.45, 2.75) is 32.9 Å². The van der Waals surface area contributed by atoms with Gasteiger partial charge >= 0.3 is 0 Å². The molecule has 2 aromatic rings. The van der Waals surface area contributed by atoms with Crippen LogP contribution in [-0.2, 0) is 0 Å². The van der Waals surface area contributed by atoms with Gasteiger partial charge < -0.3 is 15.0 Å². The van der Waals surface area contributed by atoms with Gasteiger partial charge in [0.1, 0.15) is 11.4 Å². The summed E-state index contributed by atoms with van der Waals surface area (Å²) >= 11 is 3.41. The molecule has 1 unspecified atom stereocenters. The Balaban J connectivity index is 2.18. The first-order valence-electron chi connectivity index (χ1n) is 6.85. The molecule has 0 fully saturated rings. The van der Waals surface area contributed by atoms with Crippen LogP contribution in [0.25, 0.3) is 0 Å². The van der Waals surface area contributed by atoms with E-state index in [9.17, 15) is 9.90 Å². The zero-order chi connectivity index (χ0) is 15.6. The molecule has 5 heteroatoms. The minimum Gasteiger partial charge on any atom is -0.508 e. The second-order valence-corrected chi connectivity index (χ2v) is 6.25. The van der Waals surface area contributed by atoms with Crippen LogP contribution in [0.3, 0.4) is 0 Å². The Morgan fingerprint density at radius 2 is 2.00 bits per heavy atom. The summed E-state index contributed by atoms with van der Waals surface area (Å²) in [6.07, 6.45) is 1.90. The molecular weight excluding hydrogens is 332 g/mol. The van der Waals surface area contributed by atoms with Gasteiger partial charge in [0.25, 0.3) is 5.91 Å². The first kappa shape index (κ1) is 15.6. The van der Waals surface area contributed by atoms with Gasteiger partial charge in [-0.15, -0.1) is 0 Å². The summed E-state index contributed by atoms with van der Waals surface area (Å²) in [5.74, 6) is 0.0622. The molecule has 0 saturated carbocycles. The number of phenolic OH excluding ortho intramolecular Hbond substituents is 1. The number of phenols is 1. The lowest BCUT2D eigenvalue weighted by Gasteiger charge is -2.17. The lowest BCUT2D eigenvalue weighted by atomic mass is 10.1. The predicted molar refractivity (Wildman–Crippen MR) is 86.5 cm³/mol. The van der Waals surface area contributed by atoms with Gasteiger partial charge in [0, 0.05) is 16.7 Å². The van der Waals surface area contributed by atoms with Crippen LogP contribution in [0.4, 0.5) is 0 Å². The topological polar surface area (TPSA) is 54.3 Å². The smallest absolute Gasteiger partial charge is 0.268 e. The van der Waals surface area contributed by atoms with Crippen molar-refractivity contribution in [2.75, 3.05) is 0 Å². The molecule has 1 aromatic carbocycles. The average Bonchev–Trinajstić information content (AvgIpc) is 2.81. The van der Waals surface area contributed by atoms with E-state index >= 15 is 0 Å². The van der Waals surface area contributed by atoms with Gasteiger partial charge in [-0.2, -0.15) is 0 Å². The van der Waals surface area contributed by atoms with Crippen molar-refractivity contribution >= 4 is 21.8 Å². The number of nitrogens with zero attached hydrogens (tertiary/aromatic N) is 1. The molecule has 2 rings (SSSR count). The molecule has 0 aliphatic rings. The molecule has 0 aliphatic heterocycles. The van der Waals surface area contributed by atoms with Crippen LogP contribution >= 0.6 is 15.9 Å². The maximum atomic E-state index is 12.4. The molecule has 1 atom stereocenters. The van der Waals surface area contributed by atoms with Crippen LogP contribution in [0.5, 0.6) is 5.75 Å². The normalized spacial score (nSPS) is 12.4. The molecule has 1 amide bonds. The monoisotopic (exact) mass is 350 g/mol. The van der Waals surface area contributed by atoms with Gasteiger partial charge in [0.05, 0.1) is 6.04 Å². The third kappa shape index (κ3) is 3.67. The molecule has 0 spiro atoms. The van der Waals surface area contributed by atoms with Crippen molar-refractivity contribution in [1.29, 1.82) is 0 Å². The molecule has 0 bridgehead atoms. The number of aromatic nitrogens is 1. The van der Waals surface area contributed by atoms with Crippen molar-refractivity contribution in [1.82, 2.24) is 9.88 Å². The Hall–Kier alpha value is -1.75. The van der Waals surface area contributed by atoms with Crippen molar-refractivity contribution in [3.63, 3.8) is 0 Å². The molecule has 0 aliphatic carbocycles. The second-order valence-electron chi connectivity index (χ2n) is 5.33. The number of aromatic hydroxyl groups is 1. The van der Waals surface area contributed by atoms with E-state index in [0.717, 1.165) is 10.0 Å². The van der Waals surface area contributed by atoms with Crippen LogP contribution in [0.2, 0.25) is 0 Å². The van der Waals surface area contributed by atoms with Gasteiger partial charge in [-0.05, 0) is 60.5 Å². The first-order valence-corrected chi connectivity index (χ1v) is 7.65. The molecule has 1 heterocycles. The summed E-state index contributed by atoms with van der Waals surface area (Å²) in [6.45, 7) is 5.95. The van der Waals surface area contributed by atoms with E-state index in [-0.39, 0.29) is 23.7 Å². The zero-order valence-corrected chi connectivity index (χ0v) is 13.9. The minimum absolute atomic E-state index is 0.134. The lowest BCUT2D eigenvalue weighted by Crippen LogP contribution is -2.28. The van der Waals surface area contributed by atoms with Crippen LogP contribution in [0.15, 0.2) is 41.0 Å². The Bertz CT molecular complexity index is 649. The van der Waals surface area contributed by atoms with Gasteiger partial charge in [-0.25, -0.2) is 0 Å². The summed E-state index contributed by atoms with van der Waals surface area (Å²) in [7, 11) is 0. The van der Waals surface area contributed by atoms with Crippen molar-refractivity contribution in [3.8, 4) is 5.75 Å². The summed E-state index contributed by atoms with van der Waals surface area (Å²) in [6, 6.07) is 8.74. The maximum Gasteiger partial charge on any atom is 0.268 e. The number of halogens is 1. The number of amides is 1.